The van der Waals surface area contributed by atoms with E-state index in [1.54, 1.807) is 4.90 Å². The lowest BCUT2D eigenvalue weighted by molar-refractivity contribution is 0.198. The van der Waals surface area contributed by atoms with Crippen molar-refractivity contribution < 1.29 is 9.90 Å². The first-order valence-electron chi connectivity index (χ1n) is 8.61. The highest BCUT2D eigenvalue weighted by Crippen LogP contribution is 2.41. The molecule has 2 fully saturated rings. The highest BCUT2D eigenvalue weighted by Gasteiger charge is 2.42. The third kappa shape index (κ3) is 2.67. The van der Waals surface area contributed by atoms with Gasteiger partial charge >= 0.3 is 6.09 Å². The zero-order valence-electron chi connectivity index (χ0n) is 13.6. The Hall–Kier alpha value is -2.33. The lowest BCUT2D eigenvalue weighted by Crippen LogP contribution is -2.39. The summed E-state index contributed by atoms with van der Waals surface area (Å²) in [5.41, 5.74) is 2.84. The van der Waals surface area contributed by atoms with Crippen molar-refractivity contribution in [3.8, 4) is 11.1 Å². The van der Waals surface area contributed by atoms with Crippen LogP contribution in [0.1, 0.15) is 12.8 Å². The fourth-order valence-corrected chi connectivity index (χ4v) is 4.35. The minimum Gasteiger partial charge on any atom is -0.465 e. The summed E-state index contributed by atoms with van der Waals surface area (Å²) in [6.07, 6.45) is 1.05. The molecular formula is C20H22N2O2. The fourth-order valence-electron chi connectivity index (χ4n) is 4.35. The molecule has 4 nitrogen and oxygen atoms in total. The van der Waals surface area contributed by atoms with Crippen LogP contribution in [0.5, 0.6) is 0 Å². The van der Waals surface area contributed by atoms with Crippen LogP contribution < -0.4 is 10.2 Å². The van der Waals surface area contributed by atoms with Crippen LogP contribution in [-0.2, 0) is 0 Å². The number of carbonyl (C=O) groups is 1. The normalized spacial score (nSPS) is 25.4. The lowest BCUT2D eigenvalue weighted by atomic mass is 10.0. The molecule has 4 rings (SSSR count). The van der Waals surface area contributed by atoms with Crippen LogP contribution >= 0.6 is 0 Å². The predicted octanol–water partition coefficient (Wildman–Crippen LogP) is 3.84. The monoisotopic (exact) mass is 322 g/mol. The molecule has 1 heterocycles. The van der Waals surface area contributed by atoms with Crippen molar-refractivity contribution in [3.63, 3.8) is 0 Å². The van der Waals surface area contributed by atoms with Gasteiger partial charge in [-0.25, -0.2) is 4.79 Å². The summed E-state index contributed by atoms with van der Waals surface area (Å²) in [5.74, 6) is 1.22. The Balaban J connectivity index is 1.71. The van der Waals surface area contributed by atoms with E-state index in [1.807, 2.05) is 54.6 Å². The predicted molar refractivity (Wildman–Crippen MR) is 95.3 cm³/mol. The molecule has 24 heavy (non-hydrogen) atoms. The molecule has 0 radical (unpaired) electrons. The number of para-hydroxylation sites is 1. The van der Waals surface area contributed by atoms with E-state index in [0.717, 1.165) is 42.7 Å². The van der Waals surface area contributed by atoms with E-state index < -0.39 is 6.09 Å². The molecule has 1 aliphatic heterocycles. The topological polar surface area (TPSA) is 52.6 Å². The van der Waals surface area contributed by atoms with Gasteiger partial charge in [-0.15, -0.1) is 0 Å². The van der Waals surface area contributed by atoms with Crippen molar-refractivity contribution in [2.45, 2.75) is 18.9 Å². The number of amides is 1. The minimum atomic E-state index is -0.851. The van der Waals surface area contributed by atoms with Gasteiger partial charge in [0.1, 0.15) is 0 Å². The summed E-state index contributed by atoms with van der Waals surface area (Å²) in [7, 11) is 0. The average molecular weight is 322 g/mol. The smallest absolute Gasteiger partial charge is 0.412 e. The van der Waals surface area contributed by atoms with E-state index in [1.165, 1.54) is 0 Å². The zero-order valence-corrected chi connectivity index (χ0v) is 13.6. The Morgan fingerprint density at radius 2 is 1.58 bits per heavy atom. The molecule has 1 unspecified atom stereocenters. The number of anilines is 1. The van der Waals surface area contributed by atoms with Crippen LogP contribution in [0.3, 0.4) is 0 Å². The first kappa shape index (κ1) is 15.2. The van der Waals surface area contributed by atoms with Gasteiger partial charge in [-0.2, -0.15) is 0 Å². The number of rotatable bonds is 3. The summed E-state index contributed by atoms with van der Waals surface area (Å²) in [6.45, 7) is 2.05. The molecule has 2 N–H and O–H groups in total. The average Bonchev–Trinajstić information content (AvgIpc) is 3.18. The second kappa shape index (κ2) is 6.29. The maximum Gasteiger partial charge on any atom is 0.412 e. The standard InChI is InChI=1S/C20H22N2O2/c23-20(24)22(17-10-15-12-21-13-16(15)11-17)19-9-5-4-8-18(19)14-6-2-1-3-7-14/h1-9,15-17,21H,10-13H2,(H,23,24)/t15-,16+,17?. The molecule has 4 heteroatoms. The second-order valence-corrected chi connectivity index (χ2v) is 6.84. The third-order valence-corrected chi connectivity index (χ3v) is 5.45. The van der Waals surface area contributed by atoms with E-state index in [0.29, 0.717) is 11.8 Å². The molecule has 2 aromatic carbocycles. The van der Waals surface area contributed by atoms with Gasteiger partial charge < -0.3 is 10.4 Å². The molecule has 0 bridgehead atoms. The van der Waals surface area contributed by atoms with E-state index in [-0.39, 0.29) is 6.04 Å². The maximum atomic E-state index is 12.1. The molecule has 0 aromatic heterocycles. The van der Waals surface area contributed by atoms with Gasteiger partial charge in [0, 0.05) is 11.6 Å². The van der Waals surface area contributed by atoms with Gasteiger partial charge in [-0.1, -0.05) is 48.5 Å². The number of hydrogen-bond acceptors (Lipinski definition) is 2. The summed E-state index contributed by atoms with van der Waals surface area (Å²) in [4.78, 5) is 13.7. The van der Waals surface area contributed by atoms with Crippen molar-refractivity contribution in [3.05, 3.63) is 54.6 Å². The van der Waals surface area contributed by atoms with Crippen molar-refractivity contribution in [1.29, 1.82) is 0 Å². The van der Waals surface area contributed by atoms with Gasteiger partial charge in [0.15, 0.2) is 0 Å². The van der Waals surface area contributed by atoms with Crippen LogP contribution in [0.15, 0.2) is 54.6 Å². The van der Waals surface area contributed by atoms with Crippen LogP contribution in [0.25, 0.3) is 11.1 Å². The second-order valence-electron chi connectivity index (χ2n) is 6.84. The molecule has 124 valence electrons. The molecule has 3 atom stereocenters. The number of hydrogen-bond donors (Lipinski definition) is 2. The van der Waals surface area contributed by atoms with Gasteiger partial charge in [0.25, 0.3) is 0 Å². The van der Waals surface area contributed by atoms with Crippen LogP contribution in [-0.4, -0.2) is 30.3 Å². The molecule has 1 saturated carbocycles. The molecule has 2 aliphatic rings. The van der Waals surface area contributed by atoms with Gasteiger partial charge in [0.05, 0.1) is 5.69 Å². The highest BCUT2D eigenvalue weighted by molar-refractivity contribution is 5.93. The number of carboxylic acid groups (broad SMARTS) is 1. The third-order valence-electron chi connectivity index (χ3n) is 5.45. The largest absolute Gasteiger partial charge is 0.465 e. The SMILES string of the molecule is O=C(O)N(c1ccccc1-c1ccccc1)C1C[C@H]2CNC[C@H]2C1. The Morgan fingerprint density at radius 3 is 2.25 bits per heavy atom. The van der Waals surface area contributed by atoms with Crippen LogP contribution in [0, 0.1) is 11.8 Å². The van der Waals surface area contributed by atoms with Crippen molar-refractivity contribution in [2.24, 2.45) is 11.8 Å². The first-order chi connectivity index (χ1) is 11.7. The minimum absolute atomic E-state index is 0.0736. The van der Waals surface area contributed by atoms with Gasteiger partial charge in [-0.3, -0.25) is 4.90 Å². The van der Waals surface area contributed by atoms with E-state index in [2.05, 4.69) is 5.32 Å². The van der Waals surface area contributed by atoms with E-state index in [4.69, 9.17) is 0 Å². The zero-order chi connectivity index (χ0) is 16.5. The lowest BCUT2D eigenvalue weighted by Gasteiger charge is -2.29. The van der Waals surface area contributed by atoms with Crippen molar-refractivity contribution in [2.75, 3.05) is 18.0 Å². The molecular weight excluding hydrogens is 300 g/mol. The number of nitrogens with zero attached hydrogens (tertiary/aromatic N) is 1. The summed E-state index contributed by atoms with van der Waals surface area (Å²) >= 11 is 0. The fraction of sp³-hybridized carbons (Fsp3) is 0.350. The highest BCUT2D eigenvalue weighted by atomic mass is 16.4. The molecule has 1 saturated heterocycles. The van der Waals surface area contributed by atoms with Crippen LogP contribution in [0.2, 0.25) is 0 Å². The van der Waals surface area contributed by atoms with Gasteiger partial charge in [-0.05, 0) is 49.4 Å². The Bertz CT molecular complexity index is 719. The molecule has 1 amide bonds. The number of nitrogens with one attached hydrogen (secondary N) is 1. The van der Waals surface area contributed by atoms with Crippen molar-refractivity contribution >= 4 is 11.8 Å². The Labute approximate surface area is 142 Å². The van der Waals surface area contributed by atoms with E-state index in [9.17, 15) is 9.90 Å². The summed E-state index contributed by atoms with van der Waals surface area (Å²) in [6, 6.07) is 17.9. The van der Waals surface area contributed by atoms with Gasteiger partial charge in [0.2, 0.25) is 0 Å². The number of fused-ring (bicyclic) bond motifs is 1. The molecule has 2 aromatic rings. The molecule has 0 spiro atoms. The first-order valence-corrected chi connectivity index (χ1v) is 8.61. The summed E-state index contributed by atoms with van der Waals surface area (Å²) < 4.78 is 0. The van der Waals surface area contributed by atoms with Crippen molar-refractivity contribution in [1.82, 2.24) is 5.32 Å². The van der Waals surface area contributed by atoms with E-state index >= 15 is 0 Å². The Kier molecular flexibility index (Phi) is 3.98. The summed E-state index contributed by atoms with van der Waals surface area (Å²) in [5, 5.41) is 13.4. The Morgan fingerprint density at radius 1 is 0.958 bits per heavy atom. The molecule has 1 aliphatic carbocycles. The van der Waals surface area contributed by atoms with Crippen LogP contribution in [0.4, 0.5) is 10.5 Å². The number of benzene rings is 2. The maximum absolute atomic E-state index is 12.1. The quantitative estimate of drug-likeness (QED) is 0.903.